The molecule has 2 aromatic carbocycles. The van der Waals surface area contributed by atoms with E-state index in [0.717, 1.165) is 16.7 Å². The SMILES string of the molecule is COc1cc(C)ccc1C(=O)N/N=C\c1ccccc1C. The maximum absolute atomic E-state index is 12.1. The molecule has 4 nitrogen and oxygen atoms in total. The Hall–Kier alpha value is -2.62. The van der Waals surface area contributed by atoms with Gasteiger partial charge in [-0.1, -0.05) is 30.3 Å². The predicted octanol–water partition coefficient (Wildman–Crippen LogP) is 3.08. The monoisotopic (exact) mass is 282 g/mol. The van der Waals surface area contributed by atoms with E-state index in [1.54, 1.807) is 19.4 Å². The van der Waals surface area contributed by atoms with Crippen LogP contribution in [-0.2, 0) is 0 Å². The number of ether oxygens (including phenoxy) is 1. The smallest absolute Gasteiger partial charge is 0.275 e. The summed E-state index contributed by atoms with van der Waals surface area (Å²) in [5, 5.41) is 4.00. The highest BCUT2D eigenvalue weighted by Gasteiger charge is 2.11. The van der Waals surface area contributed by atoms with Gasteiger partial charge in [-0.15, -0.1) is 0 Å². The fraction of sp³-hybridized carbons (Fsp3) is 0.176. The van der Waals surface area contributed by atoms with Crippen LogP contribution in [0, 0.1) is 13.8 Å². The summed E-state index contributed by atoms with van der Waals surface area (Å²) in [6, 6.07) is 13.2. The number of nitrogens with one attached hydrogen (secondary N) is 1. The Morgan fingerprint density at radius 2 is 1.95 bits per heavy atom. The molecule has 0 aromatic heterocycles. The molecule has 1 N–H and O–H groups in total. The first-order chi connectivity index (χ1) is 10.1. The molecule has 0 aliphatic carbocycles. The lowest BCUT2D eigenvalue weighted by atomic mass is 10.1. The van der Waals surface area contributed by atoms with E-state index >= 15 is 0 Å². The normalized spacial score (nSPS) is 10.6. The van der Waals surface area contributed by atoms with Gasteiger partial charge in [0.15, 0.2) is 0 Å². The summed E-state index contributed by atoms with van der Waals surface area (Å²) in [6.45, 7) is 3.94. The Morgan fingerprint density at radius 1 is 1.19 bits per heavy atom. The number of benzene rings is 2. The Balaban J connectivity index is 2.10. The quantitative estimate of drug-likeness (QED) is 0.692. The van der Waals surface area contributed by atoms with Crippen molar-refractivity contribution < 1.29 is 9.53 Å². The maximum Gasteiger partial charge on any atom is 0.275 e. The van der Waals surface area contributed by atoms with Gasteiger partial charge in [-0.3, -0.25) is 4.79 Å². The lowest BCUT2D eigenvalue weighted by molar-refractivity contribution is 0.0952. The molecule has 4 heteroatoms. The molecule has 0 aliphatic heterocycles. The van der Waals surface area contributed by atoms with Crippen molar-refractivity contribution in [2.45, 2.75) is 13.8 Å². The molecule has 21 heavy (non-hydrogen) atoms. The highest BCUT2D eigenvalue weighted by Crippen LogP contribution is 2.19. The third kappa shape index (κ3) is 3.69. The van der Waals surface area contributed by atoms with Gasteiger partial charge < -0.3 is 4.74 Å². The maximum atomic E-state index is 12.1. The number of carbonyl (C=O) groups is 1. The minimum atomic E-state index is -0.295. The fourth-order valence-electron chi connectivity index (χ4n) is 1.94. The molecule has 0 saturated heterocycles. The fourth-order valence-corrected chi connectivity index (χ4v) is 1.94. The molecule has 0 radical (unpaired) electrons. The van der Waals surface area contributed by atoms with Crippen LogP contribution in [0.15, 0.2) is 47.6 Å². The lowest BCUT2D eigenvalue weighted by Crippen LogP contribution is -2.18. The molecule has 0 saturated carbocycles. The van der Waals surface area contributed by atoms with Gasteiger partial charge >= 0.3 is 0 Å². The summed E-state index contributed by atoms with van der Waals surface area (Å²) in [7, 11) is 1.54. The van der Waals surface area contributed by atoms with E-state index in [2.05, 4.69) is 10.5 Å². The van der Waals surface area contributed by atoms with Gasteiger partial charge in [0, 0.05) is 0 Å². The minimum Gasteiger partial charge on any atom is -0.496 e. The van der Waals surface area contributed by atoms with Crippen LogP contribution in [0.2, 0.25) is 0 Å². The number of hydrogen-bond acceptors (Lipinski definition) is 3. The van der Waals surface area contributed by atoms with Crippen molar-refractivity contribution in [2.75, 3.05) is 7.11 Å². The molecule has 0 fully saturated rings. The minimum absolute atomic E-state index is 0.295. The second-order valence-corrected chi connectivity index (χ2v) is 4.76. The van der Waals surface area contributed by atoms with E-state index in [9.17, 15) is 4.79 Å². The average molecular weight is 282 g/mol. The Morgan fingerprint density at radius 3 is 2.67 bits per heavy atom. The van der Waals surface area contributed by atoms with Crippen LogP contribution in [0.25, 0.3) is 0 Å². The molecular formula is C17H18N2O2. The average Bonchev–Trinajstić information content (AvgIpc) is 2.48. The van der Waals surface area contributed by atoms with Crippen LogP contribution in [0.4, 0.5) is 0 Å². The van der Waals surface area contributed by atoms with Gasteiger partial charge in [0.1, 0.15) is 5.75 Å². The molecule has 2 rings (SSSR count). The van der Waals surface area contributed by atoms with Gasteiger partial charge in [0.25, 0.3) is 5.91 Å². The zero-order valence-corrected chi connectivity index (χ0v) is 12.4. The van der Waals surface area contributed by atoms with E-state index < -0.39 is 0 Å². The topological polar surface area (TPSA) is 50.7 Å². The van der Waals surface area contributed by atoms with Crippen molar-refractivity contribution in [3.63, 3.8) is 0 Å². The number of nitrogens with zero attached hydrogens (tertiary/aromatic N) is 1. The summed E-state index contributed by atoms with van der Waals surface area (Å²) < 4.78 is 5.22. The van der Waals surface area contributed by atoms with E-state index in [1.807, 2.05) is 50.2 Å². The standard InChI is InChI=1S/C17H18N2O2/c1-12-8-9-15(16(10-12)21-3)17(20)19-18-11-14-7-5-4-6-13(14)2/h4-11H,1-3H3,(H,19,20)/b18-11-. The lowest BCUT2D eigenvalue weighted by Gasteiger charge is -2.07. The van der Waals surface area contributed by atoms with Crippen LogP contribution >= 0.6 is 0 Å². The van der Waals surface area contributed by atoms with Crippen molar-refractivity contribution in [3.8, 4) is 5.75 Å². The molecule has 2 aromatic rings. The van der Waals surface area contributed by atoms with E-state index in [1.165, 1.54) is 0 Å². The number of rotatable bonds is 4. The number of amides is 1. The van der Waals surface area contributed by atoms with Crippen LogP contribution in [0.5, 0.6) is 5.75 Å². The van der Waals surface area contributed by atoms with Crippen LogP contribution in [0.3, 0.4) is 0 Å². The van der Waals surface area contributed by atoms with Crippen molar-refractivity contribution in [2.24, 2.45) is 5.10 Å². The molecule has 0 heterocycles. The molecular weight excluding hydrogens is 264 g/mol. The predicted molar refractivity (Wildman–Crippen MR) is 84.0 cm³/mol. The first-order valence-electron chi connectivity index (χ1n) is 6.65. The van der Waals surface area contributed by atoms with Crippen molar-refractivity contribution in [3.05, 3.63) is 64.7 Å². The Bertz CT molecular complexity index is 678. The van der Waals surface area contributed by atoms with E-state index in [0.29, 0.717) is 11.3 Å². The zero-order valence-electron chi connectivity index (χ0n) is 12.4. The third-order valence-electron chi connectivity index (χ3n) is 3.16. The van der Waals surface area contributed by atoms with Gasteiger partial charge in [-0.05, 0) is 42.7 Å². The Labute approximate surface area is 124 Å². The number of carbonyl (C=O) groups excluding carboxylic acids is 1. The number of aryl methyl sites for hydroxylation is 2. The highest BCUT2D eigenvalue weighted by molar-refractivity contribution is 5.97. The molecule has 1 amide bonds. The van der Waals surface area contributed by atoms with Gasteiger partial charge in [0.2, 0.25) is 0 Å². The largest absolute Gasteiger partial charge is 0.496 e. The summed E-state index contributed by atoms with van der Waals surface area (Å²) in [5.74, 6) is 0.246. The number of methoxy groups -OCH3 is 1. The summed E-state index contributed by atoms with van der Waals surface area (Å²) in [4.78, 5) is 12.1. The van der Waals surface area contributed by atoms with Crippen LogP contribution in [0.1, 0.15) is 27.0 Å². The zero-order chi connectivity index (χ0) is 15.2. The van der Waals surface area contributed by atoms with Gasteiger partial charge in [0.05, 0.1) is 18.9 Å². The van der Waals surface area contributed by atoms with Crippen LogP contribution in [-0.4, -0.2) is 19.2 Å². The van der Waals surface area contributed by atoms with Crippen molar-refractivity contribution in [1.29, 1.82) is 0 Å². The summed E-state index contributed by atoms with van der Waals surface area (Å²) in [5.41, 5.74) is 6.08. The van der Waals surface area contributed by atoms with Gasteiger partial charge in [-0.2, -0.15) is 5.10 Å². The number of hydrogen-bond donors (Lipinski definition) is 1. The highest BCUT2D eigenvalue weighted by atomic mass is 16.5. The third-order valence-corrected chi connectivity index (χ3v) is 3.16. The van der Waals surface area contributed by atoms with Crippen molar-refractivity contribution in [1.82, 2.24) is 5.43 Å². The molecule has 0 aliphatic rings. The molecule has 0 bridgehead atoms. The van der Waals surface area contributed by atoms with Crippen LogP contribution < -0.4 is 10.2 Å². The second-order valence-electron chi connectivity index (χ2n) is 4.76. The van der Waals surface area contributed by atoms with E-state index in [4.69, 9.17) is 4.74 Å². The molecule has 0 unspecified atom stereocenters. The summed E-state index contributed by atoms with van der Waals surface area (Å²) in [6.07, 6.45) is 1.63. The molecule has 0 spiro atoms. The molecule has 0 atom stereocenters. The molecule has 108 valence electrons. The summed E-state index contributed by atoms with van der Waals surface area (Å²) >= 11 is 0. The van der Waals surface area contributed by atoms with Gasteiger partial charge in [-0.25, -0.2) is 5.43 Å². The van der Waals surface area contributed by atoms with Crippen molar-refractivity contribution >= 4 is 12.1 Å². The number of hydrazone groups is 1. The first kappa shape index (κ1) is 14.8. The Kier molecular flexibility index (Phi) is 4.72. The second kappa shape index (κ2) is 6.70. The van der Waals surface area contributed by atoms with E-state index in [-0.39, 0.29) is 5.91 Å². The first-order valence-corrected chi connectivity index (χ1v) is 6.65.